The maximum Gasteiger partial charge on any atom is 0.242 e. The van der Waals surface area contributed by atoms with Crippen molar-refractivity contribution in [3.63, 3.8) is 0 Å². The average molecular weight is 603 g/mol. The number of ketones is 1. The van der Waals surface area contributed by atoms with Crippen molar-refractivity contribution < 1.29 is 23.0 Å². The molecule has 5 rings (SSSR count). The number of Topliss-reactive ketones (excluding diaryl/α,β-unsaturated/α-hetero) is 1. The van der Waals surface area contributed by atoms with Crippen LogP contribution in [0.25, 0.3) is 0 Å². The molecule has 0 amide bonds. The summed E-state index contributed by atoms with van der Waals surface area (Å²) in [6.07, 6.45) is 0.590. The van der Waals surface area contributed by atoms with Gasteiger partial charge in [0.05, 0.1) is 5.70 Å². The van der Waals surface area contributed by atoms with E-state index in [1.54, 1.807) is 6.07 Å². The van der Waals surface area contributed by atoms with Gasteiger partial charge in [-0.25, -0.2) is 8.78 Å². The van der Waals surface area contributed by atoms with Gasteiger partial charge in [-0.05, 0) is 54.0 Å². The summed E-state index contributed by atoms with van der Waals surface area (Å²) in [5, 5.41) is 3.57. The largest absolute Gasteiger partial charge is 0.483 e. The first kappa shape index (κ1) is 31.9. The zero-order valence-corrected chi connectivity index (χ0v) is 25.8. The lowest BCUT2D eigenvalue weighted by Gasteiger charge is -2.32. The zero-order chi connectivity index (χ0) is 30.9. The molecule has 3 aromatic carbocycles. The molecule has 4 unspecified atom stereocenters. The van der Waals surface area contributed by atoms with Crippen molar-refractivity contribution in [3.05, 3.63) is 119 Å². The van der Waals surface area contributed by atoms with E-state index in [-0.39, 0.29) is 36.4 Å². The highest BCUT2D eigenvalue weighted by molar-refractivity contribution is 5.97. The van der Waals surface area contributed by atoms with E-state index in [2.05, 4.69) is 36.2 Å². The van der Waals surface area contributed by atoms with Crippen molar-refractivity contribution in [2.24, 2.45) is 11.8 Å². The summed E-state index contributed by atoms with van der Waals surface area (Å²) in [4.78, 5) is 16.1. The molecular formula is C37H44F2N2O3. The Morgan fingerprint density at radius 1 is 0.955 bits per heavy atom. The number of allylic oxidation sites excluding steroid dienone is 2. The molecular weight excluding hydrogens is 558 g/mol. The van der Waals surface area contributed by atoms with Gasteiger partial charge in [0, 0.05) is 31.8 Å². The van der Waals surface area contributed by atoms with Gasteiger partial charge in [-0.3, -0.25) is 9.69 Å². The van der Waals surface area contributed by atoms with Crippen LogP contribution in [0, 0.1) is 11.8 Å². The Morgan fingerprint density at radius 2 is 1.64 bits per heavy atom. The summed E-state index contributed by atoms with van der Waals surface area (Å²) >= 11 is 0. The number of hydrogen-bond acceptors (Lipinski definition) is 5. The Labute approximate surface area is 260 Å². The van der Waals surface area contributed by atoms with Crippen LogP contribution in [0.1, 0.15) is 48.9 Å². The van der Waals surface area contributed by atoms with Gasteiger partial charge in [0.1, 0.15) is 18.9 Å². The number of nitrogens with one attached hydrogen (secondary N) is 1. The minimum atomic E-state index is -2.35. The van der Waals surface area contributed by atoms with Crippen molar-refractivity contribution in [1.82, 2.24) is 10.2 Å². The highest BCUT2D eigenvalue weighted by atomic mass is 19.3. The smallest absolute Gasteiger partial charge is 0.242 e. The van der Waals surface area contributed by atoms with Crippen LogP contribution >= 0.6 is 0 Å². The molecule has 0 radical (unpaired) electrons. The second-order valence-corrected chi connectivity index (χ2v) is 12.0. The number of carbonyl (C=O) groups excluding carboxylic acids is 1. The predicted octanol–water partition coefficient (Wildman–Crippen LogP) is 6.96. The zero-order valence-electron chi connectivity index (χ0n) is 25.8. The molecule has 5 nitrogen and oxygen atoms in total. The number of hydrogen-bond donors (Lipinski definition) is 1. The summed E-state index contributed by atoms with van der Waals surface area (Å²) in [5.41, 5.74) is 4.83. The molecule has 234 valence electrons. The Morgan fingerprint density at radius 3 is 2.34 bits per heavy atom. The van der Waals surface area contributed by atoms with E-state index in [0.29, 0.717) is 30.9 Å². The third kappa shape index (κ3) is 8.76. The molecule has 0 bridgehead atoms. The van der Waals surface area contributed by atoms with E-state index < -0.39 is 6.43 Å². The number of halogens is 2. The minimum absolute atomic E-state index is 0.00221. The first-order valence-electron chi connectivity index (χ1n) is 15.9. The van der Waals surface area contributed by atoms with E-state index in [0.717, 1.165) is 49.2 Å². The van der Waals surface area contributed by atoms with E-state index in [1.165, 1.54) is 5.56 Å². The monoisotopic (exact) mass is 602 g/mol. The van der Waals surface area contributed by atoms with Gasteiger partial charge >= 0.3 is 0 Å². The van der Waals surface area contributed by atoms with Crippen LogP contribution < -0.4 is 5.32 Å². The molecule has 0 spiro atoms. The van der Waals surface area contributed by atoms with Crippen LogP contribution in [-0.2, 0) is 40.1 Å². The van der Waals surface area contributed by atoms with E-state index in [1.807, 2.05) is 66.7 Å². The second-order valence-electron chi connectivity index (χ2n) is 12.0. The molecule has 1 fully saturated rings. The van der Waals surface area contributed by atoms with Crippen molar-refractivity contribution in [1.29, 1.82) is 0 Å². The Bertz CT molecular complexity index is 1380. The number of ether oxygens (including phenoxy) is 2. The van der Waals surface area contributed by atoms with Crippen LogP contribution in [0.2, 0.25) is 0 Å². The lowest BCUT2D eigenvalue weighted by Crippen LogP contribution is -2.39. The van der Waals surface area contributed by atoms with Gasteiger partial charge in [-0.15, -0.1) is 0 Å². The van der Waals surface area contributed by atoms with Gasteiger partial charge in [-0.2, -0.15) is 0 Å². The molecule has 1 heterocycles. The quantitative estimate of drug-likeness (QED) is 0.180. The second kappa shape index (κ2) is 15.4. The number of aryl methyl sites for hydroxylation is 1. The van der Waals surface area contributed by atoms with Gasteiger partial charge in [-0.1, -0.05) is 98.8 Å². The van der Waals surface area contributed by atoms with Crippen molar-refractivity contribution in [2.75, 3.05) is 19.6 Å². The fourth-order valence-electron chi connectivity index (χ4n) is 6.27. The molecule has 2 aliphatic rings. The van der Waals surface area contributed by atoms with Gasteiger partial charge in [0.2, 0.25) is 12.2 Å². The minimum Gasteiger partial charge on any atom is -0.483 e. The molecule has 7 heteroatoms. The molecule has 3 aromatic rings. The molecule has 1 saturated heterocycles. The van der Waals surface area contributed by atoms with Crippen LogP contribution in [0.3, 0.4) is 0 Å². The number of benzene rings is 3. The molecule has 4 atom stereocenters. The molecule has 1 N–H and O–H groups in total. The Hall–Kier alpha value is -3.55. The van der Waals surface area contributed by atoms with Crippen LogP contribution in [0.4, 0.5) is 8.78 Å². The number of nitrogens with zero attached hydrogens (tertiary/aromatic N) is 1. The lowest BCUT2D eigenvalue weighted by atomic mass is 9.77. The summed E-state index contributed by atoms with van der Waals surface area (Å²) < 4.78 is 37.9. The Balaban J connectivity index is 1.20. The molecule has 0 aromatic heterocycles. The standard InChI is InChI=1S/C37H44F2N2O3/c1-3-41(37-33(44-37)23-29-15-10-16-30(22-29)24-34(38)39)20-19-40-32-21-26(2)31(18-17-27-11-6-4-7-12-27)35(42)36(32)43-25-28-13-8-5-9-14-28/h4-16,22,26,31,33-34,37,40H,3,17-21,23-25H2,1-2H3. The third-order valence-electron chi connectivity index (χ3n) is 8.74. The molecule has 1 aliphatic heterocycles. The lowest BCUT2D eigenvalue weighted by molar-refractivity contribution is -0.125. The molecule has 1 aliphatic carbocycles. The number of epoxide rings is 1. The van der Waals surface area contributed by atoms with Crippen LogP contribution in [0.15, 0.2) is 96.4 Å². The highest BCUT2D eigenvalue weighted by Gasteiger charge is 2.43. The molecule has 0 saturated carbocycles. The number of likely N-dealkylation sites (N-methyl/N-ethyl adjacent to an activating group) is 1. The number of rotatable bonds is 16. The fraction of sp³-hybridized carbons (Fsp3) is 0.432. The first-order valence-corrected chi connectivity index (χ1v) is 15.9. The van der Waals surface area contributed by atoms with Crippen LogP contribution in [0.5, 0.6) is 0 Å². The van der Waals surface area contributed by atoms with E-state index in [9.17, 15) is 13.6 Å². The normalized spacial score (nSPS) is 21.6. The predicted molar refractivity (Wildman–Crippen MR) is 169 cm³/mol. The fourth-order valence-corrected chi connectivity index (χ4v) is 6.27. The first-order chi connectivity index (χ1) is 21.4. The van der Waals surface area contributed by atoms with Gasteiger partial charge in [0.25, 0.3) is 0 Å². The van der Waals surface area contributed by atoms with Gasteiger partial charge < -0.3 is 14.8 Å². The van der Waals surface area contributed by atoms with Crippen molar-refractivity contribution >= 4 is 5.78 Å². The Kier molecular flexibility index (Phi) is 11.2. The van der Waals surface area contributed by atoms with E-state index in [4.69, 9.17) is 9.47 Å². The number of carbonyl (C=O) groups is 1. The summed E-state index contributed by atoms with van der Waals surface area (Å²) in [5.74, 6) is 0.679. The maximum atomic E-state index is 13.9. The number of alkyl halides is 2. The van der Waals surface area contributed by atoms with Crippen molar-refractivity contribution in [3.8, 4) is 0 Å². The third-order valence-corrected chi connectivity index (χ3v) is 8.74. The maximum absolute atomic E-state index is 13.9. The molecule has 44 heavy (non-hydrogen) atoms. The van der Waals surface area contributed by atoms with Crippen molar-refractivity contribution in [2.45, 2.75) is 71.3 Å². The van der Waals surface area contributed by atoms with Crippen LogP contribution in [-0.4, -0.2) is 49.1 Å². The van der Waals surface area contributed by atoms with E-state index >= 15 is 0 Å². The summed E-state index contributed by atoms with van der Waals surface area (Å²) in [7, 11) is 0. The average Bonchev–Trinajstić information content (AvgIpc) is 3.78. The topological polar surface area (TPSA) is 54.1 Å². The summed E-state index contributed by atoms with van der Waals surface area (Å²) in [6, 6.07) is 27.7. The SMILES string of the molecule is CCN(CCNC1=C(OCc2ccccc2)C(=O)C(CCc2ccccc2)C(C)C1)C1OC1Cc1cccc(CC(F)F)c1. The summed E-state index contributed by atoms with van der Waals surface area (Å²) in [6.45, 7) is 6.86. The van der Waals surface area contributed by atoms with Gasteiger partial charge in [0.15, 0.2) is 5.76 Å². The highest BCUT2D eigenvalue weighted by Crippen LogP contribution is 2.35.